The number of carbonyl (C=O) groups excluding carboxylic acids is 2. The van der Waals surface area contributed by atoms with E-state index in [4.69, 9.17) is 4.74 Å². The molecule has 1 heterocycles. The van der Waals surface area contributed by atoms with Crippen LogP contribution in [-0.2, 0) is 14.3 Å². The SMILES string of the molecule is C[C@@H]1CCCC[C@H]1NC(=O)COC(=O)/C=C/c1ccsc1. The average Bonchev–Trinajstić information content (AvgIpc) is 2.99. The summed E-state index contributed by atoms with van der Waals surface area (Å²) in [5.74, 6) is -0.212. The van der Waals surface area contributed by atoms with Gasteiger partial charge in [-0.3, -0.25) is 4.79 Å². The highest BCUT2D eigenvalue weighted by molar-refractivity contribution is 7.08. The second kappa shape index (κ2) is 7.98. The number of carbonyl (C=O) groups is 2. The van der Waals surface area contributed by atoms with E-state index in [0.29, 0.717) is 5.92 Å². The van der Waals surface area contributed by atoms with E-state index in [-0.39, 0.29) is 18.6 Å². The minimum Gasteiger partial charge on any atom is -0.452 e. The fourth-order valence-corrected chi connectivity index (χ4v) is 3.13. The molecule has 1 N–H and O–H groups in total. The van der Waals surface area contributed by atoms with E-state index < -0.39 is 5.97 Å². The van der Waals surface area contributed by atoms with Crippen molar-refractivity contribution in [1.82, 2.24) is 5.32 Å². The van der Waals surface area contributed by atoms with Crippen molar-refractivity contribution in [3.8, 4) is 0 Å². The van der Waals surface area contributed by atoms with Crippen molar-refractivity contribution in [2.45, 2.75) is 38.6 Å². The highest BCUT2D eigenvalue weighted by atomic mass is 32.1. The quantitative estimate of drug-likeness (QED) is 0.672. The second-order valence-corrected chi connectivity index (χ2v) is 6.21. The molecule has 1 saturated carbocycles. The molecule has 0 aromatic carbocycles. The monoisotopic (exact) mass is 307 g/mol. The van der Waals surface area contributed by atoms with Gasteiger partial charge in [0.25, 0.3) is 5.91 Å². The molecule has 5 heteroatoms. The lowest BCUT2D eigenvalue weighted by Crippen LogP contribution is -2.42. The third-order valence-corrected chi connectivity index (χ3v) is 4.46. The van der Waals surface area contributed by atoms with E-state index >= 15 is 0 Å². The normalized spacial score (nSPS) is 22.1. The second-order valence-electron chi connectivity index (χ2n) is 5.43. The molecule has 0 spiro atoms. The minimum absolute atomic E-state index is 0.212. The van der Waals surface area contributed by atoms with E-state index in [9.17, 15) is 9.59 Å². The third kappa shape index (κ3) is 5.34. The Kier molecular flexibility index (Phi) is 5.99. The van der Waals surface area contributed by atoms with Crippen LogP contribution in [0.1, 0.15) is 38.2 Å². The summed E-state index contributed by atoms with van der Waals surface area (Å²) in [6, 6.07) is 2.12. The Bertz CT molecular complexity index is 496. The van der Waals surface area contributed by atoms with E-state index in [1.54, 1.807) is 17.4 Å². The number of ether oxygens (including phenoxy) is 1. The van der Waals surface area contributed by atoms with Gasteiger partial charge < -0.3 is 10.1 Å². The molecule has 2 atom stereocenters. The van der Waals surface area contributed by atoms with E-state index in [1.807, 2.05) is 16.8 Å². The topological polar surface area (TPSA) is 55.4 Å². The molecule has 114 valence electrons. The first-order valence-corrected chi connectivity index (χ1v) is 8.26. The Morgan fingerprint density at radius 2 is 2.24 bits per heavy atom. The van der Waals surface area contributed by atoms with Crippen molar-refractivity contribution >= 4 is 29.3 Å². The molecule has 0 bridgehead atoms. The van der Waals surface area contributed by atoms with E-state index in [1.165, 1.54) is 12.5 Å². The van der Waals surface area contributed by atoms with Gasteiger partial charge in [-0.2, -0.15) is 11.3 Å². The first kappa shape index (κ1) is 15.8. The standard InChI is InChI=1S/C16H21NO3S/c1-12-4-2-3-5-14(12)17-15(18)10-20-16(19)7-6-13-8-9-21-11-13/h6-9,11-12,14H,2-5,10H2,1H3,(H,17,18)/b7-6+/t12-,14-/m1/s1. The van der Waals surface area contributed by atoms with Crippen LogP contribution in [0.4, 0.5) is 0 Å². The summed E-state index contributed by atoms with van der Waals surface area (Å²) < 4.78 is 4.94. The first-order chi connectivity index (χ1) is 10.1. The number of nitrogens with one attached hydrogen (secondary N) is 1. The van der Waals surface area contributed by atoms with Crippen molar-refractivity contribution in [2.24, 2.45) is 5.92 Å². The molecule has 1 fully saturated rings. The maximum absolute atomic E-state index is 11.8. The van der Waals surface area contributed by atoms with Crippen LogP contribution in [0.5, 0.6) is 0 Å². The molecule has 1 aliphatic carbocycles. The highest BCUT2D eigenvalue weighted by Crippen LogP contribution is 2.23. The number of esters is 1. The molecule has 0 unspecified atom stereocenters. The van der Waals surface area contributed by atoms with E-state index in [0.717, 1.165) is 24.8 Å². The lowest BCUT2D eigenvalue weighted by Gasteiger charge is -2.29. The predicted molar refractivity (Wildman–Crippen MR) is 83.9 cm³/mol. The Hall–Kier alpha value is -1.62. The summed E-state index contributed by atoms with van der Waals surface area (Å²) >= 11 is 1.56. The van der Waals surface area contributed by atoms with Crippen molar-refractivity contribution in [3.05, 3.63) is 28.5 Å². The summed E-state index contributed by atoms with van der Waals surface area (Å²) in [5, 5.41) is 6.82. The number of amides is 1. The van der Waals surface area contributed by atoms with Crippen LogP contribution < -0.4 is 5.32 Å². The van der Waals surface area contributed by atoms with Crippen LogP contribution in [0.3, 0.4) is 0 Å². The third-order valence-electron chi connectivity index (χ3n) is 3.76. The summed E-state index contributed by atoms with van der Waals surface area (Å²) in [6.45, 7) is 1.94. The fourth-order valence-electron chi connectivity index (χ4n) is 2.50. The largest absolute Gasteiger partial charge is 0.452 e. The number of hydrogen-bond donors (Lipinski definition) is 1. The lowest BCUT2D eigenvalue weighted by atomic mass is 9.86. The molecule has 0 aliphatic heterocycles. The Morgan fingerprint density at radius 3 is 2.95 bits per heavy atom. The van der Waals surface area contributed by atoms with Crippen LogP contribution in [0.15, 0.2) is 22.9 Å². The van der Waals surface area contributed by atoms with E-state index in [2.05, 4.69) is 12.2 Å². The molecule has 21 heavy (non-hydrogen) atoms. The van der Waals surface area contributed by atoms with Gasteiger partial charge in [-0.1, -0.05) is 19.8 Å². The molecule has 4 nitrogen and oxygen atoms in total. The van der Waals surface area contributed by atoms with Crippen LogP contribution >= 0.6 is 11.3 Å². The fraction of sp³-hybridized carbons (Fsp3) is 0.500. The zero-order valence-electron chi connectivity index (χ0n) is 12.2. The van der Waals surface area contributed by atoms with Crippen molar-refractivity contribution in [3.63, 3.8) is 0 Å². The molecule has 0 saturated heterocycles. The van der Waals surface area contributed by atoms with Gasteiger partial charge in [-0.05, 0) is 47.2 Å². The summed E-state index contributed by atoms with van der Waals surface area (Å²) in [5.41, 5.74) is 0.956. The smallest absolute Gasteiger partial charge is 0.331 e. The van der Waals surface area contributed by atoms with Crippen molar-refractivity contribution in [1.29, 1.82) is 0 Å². The highest BCUT2D eigenvalue weighted by Gasteiger charge is 2.22. The van der Waals surface area contributed by atoms with Crippen LogP contribution in [0, 0.1) is 5.92 Å². The zero-order chi connectivity index (χ0) is 15.1. The molecule has 1 amide bonds. The van der Waals surface area contributed by atoms with Gasteiger partial charge in [0.2, 0.25) is 0 Å². The molecule has 1 aliphatic rings. The lowest BCUT2D eigenvalue weighted by molar-refractivity contribution is -0.144. The minimum atomic E-state index is -0.493. The van der Waals surface area contributed by atoms with Crippen LogP contribution in [-0.4, -0.2) is 24.5 Å². The van der Waals surface area contributed by atoms with Gasteiger partial charge in [0, 0.05) is 12.1 Å². The van der Waals surface area contributed by atoms with Gasteiger partial charge >= 0.3 is 5.97 Å². The van der Waals surface area contributed by atoms with Crippen LogP contribution in [0.25, 0.3) is 6.08 Å². The van der Waals surface area contributed by atoms with Gasteiger partial charge in [-0.25, -0.2) is 4.79 Å². The maximum atomic E-state index is 11.8. The van der Waals surface area contributed by atoms with Crippen molar-refractivity contribution in [2.75, 3.05) is 6.61 Å². The first-order valence-electron chi connectivity index (χ1n) is 7.31. The molecule has 0 radical (unpaired) electrons. The molecule has 1 aromatic heterocycles. The van der Waals surface area contributed by atoms with Gasteiger partial charge in [0.15, 0.2) is 6.61 Å². The van der Waals surface area contributed by atoms with Crippen LogP contribution in [0.2, 0.25) is 0 Å². The molecular weight excluding hydrogens is 286 g/mol. The van der Waals surface area contributed by atoms with Gasteiger partial charge in [-0.15, -0.1) is 0 Å². The Morgan fingerprint density at radius 1 is 1.43 bits per heavy atom. The molecule has 1 aromatic rings. The summed E-state index contributed by atoms with van der Waals surface area (Å²) in [6.07, 6.45) is 7.57. The zero-order valence-corrected chi connectivity index (χ0v) is 13.0. The number of thiophene rings is 1. The molecule has 2 rings (SSSR count). The number of hydrogen-bond acceptors (Lipinski definition) is 4. The van der Waals surface area contributed by atoms with Gasteiger partial charge in [0.05, 0.1) is 0 Å². The average molecular weight is 307 g/mol. The predicted octanol–water partition coefficient (Wildman–Crippen LogP) is 3.00. The van der Waals surface area contributed by atoms with Crippen molar-refractivity contribution < 1.29 is 14.3 Å². The maximum Gasteiger partial charge on any atom is 0.331 e. The van der Waals surface area contributed by atoms with Gasteiger partial charge in [0.1, 0.15) is 0 Å². The summed E-state index contributed by atoms with van der Waals surface area (Å²) in [4.78, 5) is 23.3. The summed E-state index contributed by atoms with van der Waals surface area (Å²) in [7, 11) is 0. The number of rotatable bonds is 5. The Labute approximate surface area is 129 Å². The Balaban J connectivity index is 1.69. The molecular formula is C16H21NO3S.